The Balaban J connectivity index is 2.22. The maximum absolute atomic E-state index is 11.8. The summed E-state index contributed by atoms with van der Waals surface area (Å²) in [6.07, 6.45) is 1.08. The van der Waals surface area contributed by atoms with E-state index in [2.05, 4.69) is 26.6 Å². The summed E-state index contributed by atoms with van der Waals surface area (Å²) in [4.78, 5) is 23.0. The van der Waals surface area contributed by atoms with E-state index in [9.17, 15) is 9.59 Å². The third-order valence-corrected chi connectivity index (χ3v) is 3.12. The molecule has 0 aromatic heterocycles. The molecule has 104 valence electrons. The van der Waals surface area contributed by atoms with E-state index in [4.69, 9.17) is 11.6 Å². The van der Waals surface area contributed by atoms with Crippen LogP contribution in [0.4, 0.5) is 0 Å². The first-order valence-electron chi connectivity index (χ1n) is 6.00. The first-order chi connectivity index (χ1) is 9.13. The van der Waals surface area contributed by atoms with Gasteiger partial charge in [-0.3, -0.25) is 9.59 Å². The molecule has 0 saturated heterocycles. The highest BCUT2D eigenvalue weighted by molar-refractivity contribution is 9.10. The fraction of sp³-hybridized carbons (Fsp3) is 0.385. The third-order valence-electron chi connectivity index (χ3n) is 2.36. The maximum Gasteiger partial charge on any atom is 0.251 e. The van der Waals surface area contributed by atoms with E-state index in [0.29, 0.717) is 37.4 Å². The standard InChI is InChI=1S/C13H16BrClN2O2/c14-11-4-1-3-10(9-11)13(19)17-8-7-16-12(18)5-2-6-15/h1,3-4,9H,2,5-8H2,(H,16,18)(H,17,19). The van der Waals surface area contributed by atoms with Crippen LogP contribution in [0.2, 0.25) is 0 Å². The van der Waals surface area contributed by atoms with E-state index in [1.165, 1.54) is 0 Å². The number of benzene rings is 1. The fourth-order valence-electron chi connectivity index (χ4n) is 1.43. The molecule has 1 aromatic rings. The van der Waals surface area contributed by atoms with Gasteiger partial charge in [-0.05, 0) is 24.6 Å². The number of amides is 2. The minimum Gasteiger partial charge on any atom is -0.354 e. The molecule has 6 heteroatoms. The van der Waals surface area contributed by atoms with E-state index < -0.39 is 0 Å². The van der Waals surface area contributed by atoms with Crippen molar-refractivity contribution in [2.24, 2.45) is 0 Å². The summed E-state index contributed by atoms with van der Waals surface area (Å²) in [6, 6.07) is 7.13. The SMILES string of the molecule is O=C(CCCCl)NCCNC(=O)c1cccc(Br)c1. The van der Waals surface area contributed by atoms with Crippen molar-refractivity contribution in [3.63, 3.8) is 0 Å². The van der Waals surface area contributed by atoms with Crippen LogP contribution >= 0.6 is 27.5 Å². The molecule has 1 aromatic carbocycles. The Kier molecular flexibility index (Phi) is 7.52. The lowest BCUT2D eigenvalue weighted by Gasteiger charge is -2.07. The normalized spacial score (nSPS) is 10.0. The highest BCUT2D eigenvalue weighted by Crippen LogP contribution is 2.11. The van der Waals surface area contributed by atoms with Crippen molar-refractivity contribution in [2.45, 2.75) is 12.8 Å². The molecule has 0 radical (unpaired) electrons. The molecule has 0 aliphatic rings. The van der Waals surface area contributed by atoms with E-state index in [0.717, 1.165) is 4.47 Å². The zero-order valence-corrected chi connectivity index (χ0v) is 12.8. The number of rotatable bonds is 7. The lowest BCUT2D eigenvalue weighted by molar-refractivity contribution is -0.121. The monoisotopic (exact) mass is 346 g/mol. The summed E-state index contributed by atoms with van der Waals surface area (Å²) >= 11 is 8.80. The zero-order valence-electron chi connectivity index (χ0n) is 10.4. The average molecular weight is 348 g/mol. The highest BCUT2D eigenvalue weighted by atomic mass is 79.9. The van der Waals surface area contributed by atoms with Crippen molar-refractivity contribution in [3.8, 4) is 0 Å². The van der Waals surface area contributed by atoms with Crippen LogP contribution < -0.4 is 10.6 Å². The molecule has 0 saturated carbocycles. The van der Waals surface area contributed by atoms with Crippen molar-refractivity contribution in [1.29, 1.82) is 0 Å². The second-order valence-corrected chi connectivity index (χ2v) is 5.20. The van der Waals surface area contributed by atoms with Crippen LogP contribution in [-0.2, 0) is 4.79 Å². The van der Waals surface area contributed by atoms with E-state index in [1.54, 1.807) is 18.2 Å². The van der Waals surface area contributed by atoms with Gasteiger partial charge < -0.3 is 10.6 Å². The van der Waals surface area contributed by atoms with Gasteiger partial charge in [0, 0.05) is 35.4 Å². The average Bonchev–Trinajstić information content (AvgIpc) is 2.41. The van der Waals surface area contributed by atoms with Crippen molar-refractivity contribution in [1.82, 2.24) is 10.6 Å². The van der Waals surface area contributed by atoms with Crippen LogP contribution in [0.15, 0.2) is 28.7 Å². The molecule has 2 N–H and O–H groups in total. The van der Waals surface area contributed by atoms with Gasteiger partial charge in [0.15, 0.2) is 0 Å². The molecule has 0 aliphatic heterocycles. The summed E-state index contributed by atoms with van der Waals surface area (Å²) in [5.74, 6) is 0.279. The van der Waals surface area contributed by atoms with Crippen molar-refractivity contribution >= 4 is 39.3 Å². The number of carbonyl (C=O) groups is 2. The van der Waals surface area contributed by atoms with Gasteiger partial charge in [0.1, 0.15) is 0 Å². The number of carbonyl (C=O) groups excluding carboxylic acids is 2. The number of halogens is 2. The van der Waals surface area contributed by atoms with E-state index in [-0.39, 0.29) is 11.8 Å². The second-order valence-electron chi connectivity index (χ2n) is 3.91. The van der Waals surface area contributed by atoms with Gasteiger partial charge in [0.2, 0.25) is 5.91 Å². The molecule has 19 heavy (non-hydrogen) atoms. The summed E-state index contributed by atoms with van der Waals surface area (Å²) in [5, 5.41) is 5.45. The molecule has 0 aliphatic carbocycles. The lowest BCUT2D eigenvalue weighted by Crippen LogP contribution is -2.34. The Morgan fingerprint density at radius 2 is 1.95 bits per heavy atom. The van der Waals surface area contributed by atoms with Gasteiger partial charge >= 0.3 is 0 Å². The van der Waals surface area contributed by atoms with Crippen LogP contribution in [0, 0.1) is 0 Å². The number of hydrogen-bond acceptors (Lipinski definition) is 2. The molecule has 0 spiro atoms. The molecular weight excluding hydrogens is 332 g/mol. The van der Waals surface area contributed by atoms with E-state index in [1.807, 2.05) is 6.07 Å². The Hall–Kier alpha value is -1.07. The maximum atomic E-state index is 11.8. The van der Waals surface area contributed by atoms with Gasteiger partial charge in [0.05, 0.1) is 0 Å². The quantitative estimate of drug-likeness (QED) is 0.587. The van der Waals surface area contributed by atoms with Crippen LogP contribution in [0.25, 0.3) is 0 Å². The summed E-state index contributed by atoms with van der Waals surface area (Å²) in [7, 11) is 0. The second kappa shape index (κ2) is 8.93. The Morgan fingerprint density at radius 3 is 2.63 bits per heavy atom. The van der Waals surface area contributed by atoms with Gasteiger partial charge in [-0.2, -0.15) is 0 Å². The molecular formula is C13H16BrClN2O2. The number of hydrogen-bond donors (Lipinski definition) is 2. The predicted octanol–water partition coefficient (Wildman–Crippen LogP) is 2.31. The molecule has 0 fully saturated rings. The Morgan fingerprint density at radius 1 is 1.21 bits per heavy atom. The Labute approximate surface area is 126 Å². The zero-order chi connectivity index (χ0) is 14.1. The highest BCUT2D eigenvalue weighted by Gasteiger charge is 2.05. The number of alkyl halides is 1. The first kappa shape index (κ1) is 16.0. The predicted molar refractivity (Wildman–Crippen MR) is 79.4 cm³/mol. The summed E-state index contributed by atoms with van der Waals surface area (Å²) < 4.78 is 0.856. The third kappa shape index (κ3) is 6.59. The van der Waals surface area contributed by atoms with Crippen molar-refractivity contribution < 1.29 is 9.59 Å². The van der Waals surface area contributed by atoms with Crippen LogP contribution in [0.5, 0.6) is 0 Å². The van der Waals surface area contributed by atoms with Gasteiger partial charge in [0.25, 0.3) is 5.91 Å². The van der Waals surface area contributed by atoms with Gasteiger partial charge in [-0.25, -0.2) is 0 Å². The van der Waals surface area contributed by atoms with Crippen molar-refractivity contribution in [3.05, 3.63) is 34.3 Å². The lowest BCUT2D eigenvalue weighted by atomic mass is 10.2. The van der Waals surface area contributed by atoms with Crippen LogP contribution in [0.1, 0.15) is 23.2 Å². The van der Waals surface area contributed by atoms with Gasteiger partial charge in [-0.1, -0.05) is 22.0 Å². The smallest absolute Gasteiger partial charge is 0.251 e. The molecule has 1 rings (SSSR count). The largest absolute Gasteiger partial charge is 0.354 e. The summed E-state index contributed by atoms with van der Waals surface area (Å²) in [5.41, 5.74) is 0.586. The topological polar surface area (TPSA) is 58.2 Å². The Bertz CT molecular complexity index is 440. The van der Waals surface area contributed by atoms with Gasteiger partial charge in [-0.15, -0.1) is 11.6 Å². The van der Waals surface area contributed by atoms with E-state index >= 15 is 0 Å². The molecule has 2 amide bonds. The minimum atomic E-state index is -0.156. The molecule has 4 nitrogen and oxygen atoms in total. The fourth-order valence-corrected chi connectivity index (χ4v) is 1.96. The van der Waals surface area contributed by atoms with Crippen LogP contribution in [0.3, 0.4) is 0 Å². The molecule has 0 heterocycles. The first-order valence-corrected chi connectivity index (χ1v) is 7.32. The molecule has 0 atom stereocenters. The van der Waals surface area contributed by atoms with Crippen LogP contribution in [-0.4, -0.2) is 30.8 Å². The molecule has 0 bridgehead atoms. The number of nitrogens with one attached hydrogen (secondary N) is 2. The molecule has 0 unspecified atom stereocenters. The minimum absolute atomic E-state index is 0.0441. The summed E-state index contributed by atoms with van der Waals surface area (Å²) in [6.45, 7) is 0.818. The van der Waals surface area contributed by atoms with Crippen molar-refractivity contribution in [2.75, 3.05) is 19.0 Å².